The molecule has 0 aliphatic heterocycles. The number of hydrogen-bond acceptors (Lipinski definition) is 2. The molecule has 0 aromatic heterocycles. The van der Waals surface area contributed by atoms with Crippen molar-refractivity contribution in [2.45, 2.75) is 32.2 Å². The van der Waals surface area contributed by atoms with Crippen LogP contribution < -0.4 is 11.1 Å². The van der Waals surface area contributed by atoms with Gasteiger partial charge < -0.3 is 11.1 Å². The van der Waals surface area contributed by atoms with Crippen molar-refractivity contribution in [1.82, 2.24) is 5.32 Å². The quantitative estimate of drug-likeness (QED) is 0.644. The average molecular weight is 176 g/mol. The number of halogens is 1. The first-order valence-electron chi connectivity index (χ1n) is 4.23. The van der Waals surface area contributed by atoms with Gasteiger partial charge in [0.2, 0.25) is 5.91 Å². The molecular weight excluding hydrogens is 159 g/mol. The highest BCUT2D eigenvalue weighted by molar-refractivity contribution is 5.85. The molecule has 0 spiro atoms. The molecule has 1 amide bonds. The molecule has 0 saturated carbocycles. The summed E-state index contributed by atoms with van der Waals surface area (Å²) in [4.78, 5) is 11.3. The summed E-state index contributed by atoms with van der Waals surface area (Å²) in [7, 11) is 0. The van der Waals surface area contributed by atoms with Crippen molar-refractivity contribution in [2.24, 2.45) is 5.73 Å². The molecule has 72 valence electrons. The summed E-state index contributed by atoms with van der Waals surface area (Å²) < 4.78 is 11.7. The Kier molecular flexibility index (Phi) is 4.81. The first-order valence-corrected chi connectivity index (χ1v) is 4.23. The van der Waals surface area contributed by atoms with E-state index in [1.807, 2.05) is 13.8 Å². The van der Waals surface area contributed by atoms with Gasteiger partial charge in [0.05, 0.1) is 5.54 Å². The van der Waals surface area contributed by atoms with E-state index in [0.717, 1.165) is 0 Å². The first kappa shape index (κ1) is 11.4. The lowest BCUT2D eigenvalue weighted by atomic mass is 9.93. The molecule has 0 atom stereocenters. The van der Waals surface area contributed by atoms with Gasteiger partial charge in [0, 0.05) is 6.54 Å². The molecule has 0 aliphatic carbocycles. The number of alkyl halides is 1. The van der Waals surface area contributed by atoms with Gasteiger partial charge in [0.1, 0.15) is 6.67 Å². The topological polar surface area (TPSA) is 55.1 Å². The van der Waals surface area contributed by atoms with E-state index >= 15 is 0 Å². The second-order valence-electron chi connectivity index (χ2n) is 2.81. The lowest BCUT2D eigenvalue weighted by Gasteiger charge is -2.24. The Morgan fingerprint density at radius 3 is 2.33 bits per heavy atom. The Labute approximate surface area is 72.5 Å². The van der Waals surface area contributed by atoms with E-state index in [9.17, 15) is 9.18 Å². The highest BCUT2D eigenvalue weighted by atomic mass is 19.1. The van der Waals surface area contributed by atoms with Gasteiger partial charge in [0.15, 0.2) is 0 Å². The second kappa shape index (κ2) is 5.09. The van der Waals surface area contributed by atoms with Gasteiger partial charge in [0.25, 0.3) is 0 Å². The molecule has 4 heteroatoms. The summed E-state index contributed by atoms with van der Waals surface area (Å²) in [6, 6.07) is 0. The molecule has 0 saturated heterocycles. The van der Waals surface area contributed by atoms with E-state index in [-0.39, 0.29) is 12.5 Å². The van der Waals surface area contributed by atoms with Gasteiger partial charge in [-0.05, 0) is 12.8 Å². The zero-order valence-corrected chi connectivity index (χ0v) is 7.69. The van der Waals surface area contributed by atoms with E-state index in [4.69, 9.17) is 5.73 Å². The number of hydrogen-bond donors (Lipinski definition) is 2. The Morgan fingerprint density at radius 2 is 2.00 bits per heavy atom. The monoisotopic (exact) mass is 176 g/mol. The summed E-state index contributed by atoms with van der Waals surface area (Å²) in [6.45, 7) is 3.20. The second-order valence-corrected chi connectivity index (χ2v) is 2.81. The third-order valence-corrected chi connectivity index (χ3v) is 2.09. The van der Waals surface area contributed by atoms with Crippen LogP contribution >= 0.6 is 0 Å². The van der Waals surface area contributed by atoms with Crippen LogP contribution in [-0.2, 0) is 4.79 Å². The van der Waals surface area contributed by atoms with Gasteiger partial charge in [-0.3, -0.25) is 4.79 Å². The van der Waals surface area contributed by atoms with Crippen molar-refractivity contribution in [2.75, 3.05) is 13.2 Å². The molecule has 0 aromatic carbocycles. The summed E-state index contributed by atoms with van der Waals surface area (Å²) in [5.41, 5.74) is 4.92. The zero-order chi connectivity index (χ0) is 9.61. The normalized spacial score (nSPS) is 11.3. The minimum absolute atomic E-state index is 0.0534. The van der Waals surface area contributed by atoms with Gasteiger partial charge in [-0.15, -0.1) is 0 Å². The molecule has 0 bridgehead atoms. The van der Waals surface area contributed by atoms with Crippen LogP contribution in [0, 0.1) is 0 Å². The van der Waals surface area contributed by atoms with Crippen LogP contribution in [0.25, 0.3) is 0 Å². The minimum Gasteiger partial charge on any atom is -0.352 e. The minimum atomic E-state index is -0.824. The van der Waals surface area contributed by atoms with Crippen molar-refractivity contribution < 1.29 is 9.18 Å². The summed E-state index contributed by atoms with van der Waals surface area (Å²) in [6.07, 6.45) is 1.14. The largest absolute Gasteiger partial charge is 0.352 e. The number of nitrogens with one attached hydrogen (secondary N) is 1. The van der Waals surface area contributed by atoms with Gasteiger partial charge >= 0.3 is 0 Å². The summed E-state index contributed by atoms with van der Waals surface area (Å²) in [5, 5.41) is 2.44. The lowest BCUT2D eigenvalue weighted by molar-refractivity contribution is -0.126. The number of rotatable bonds is 5. The molecule has 0 fully saturated rings. The molecule has 0 heterocycles. The van der Waals surface area contributed by atoms with Crippen molar-refractivity contribution in [3.05, 3.63) is 0 Å². The molecule has 3 N–H and O–H groups in total. The third-order valence-electron chi connectivity index (χ3n) is 2.09. The van der Waals surface area contributed by atoms with Crippen LogP contribution in [0.2, 0.25) is 0 Å². The molecule has 0 aromatic rings. The van der Waals surface area contributed by atoms with E-state index in [2.05, 4.69) is 5.32 Å². The smallest absolute Gasteiger partial charge is 0.240 e. The van der Waals surface area contributed by atoms with Crippen LogP contribution in [0.15, 0.2) is 0 Å². The van der Waals surface area contributed by atoms with Crippen molar-refractivity contribution >= 4 is 5.91 Å². The van der Waals surface area contributed by atoms with Gasteiger partial charge in [-0.25, -0.2) is 4.39 Å². The highest BCUT2D eigenvalue weighted by Gasteiger charge is 2.29. The van der Waals surface area contributed by atoms with Crippen LogP contribution in [-0.4, -0.2) is 24.7 Å². The fraction of sp³-hybridized carbons (Fsp3) is 0.875. The van der Waals surface area contributed by atoms with Crippen LogP contribution in [0.1, 0.15) is 26.7 Å². The number of carbonyl (C=O) groups is 1. The molecule has 12 heavy (non-hydrogen) atoms. The van der Waals surface area contributed by atoms with Crippen molar-refractivity contribution in [3.63, 3.8) is 0 Å². The van der Waals surface area contributed by atoms with Gasteiger partial charge in [-0.1, -0.05) is 13.8 Å². The Hall–Kier alpha value is -0.640. The third kappa shape index (κ3) is 2.77. The van der Waals surface area contributed by atoms with Crippen LogP contribution in [0.5, 0.6) is 0 Å². The number of nitrogens with two attached hydrogens (primary N) is 1. The van der Waals surface area contributed by atoms with E-state index in [0.29, 0.717) is 12.8 Å². The predicted molar refractivity (Wildman–Crippen MR) is 46.5 cm³/mol. The van der Waals surface area contributed by atoms with Crippen LogP contribution in [0.3, 0.4) is 0 Å². The predicted octanol–water partition coefficient (Wildman–Crippen LogP) is 0.590. The van der Waals surface area contributed by atoms with E-state index in [1.54, 1.807) is 0 Å². The SMILES string of the molecule is CCC(N)(CC)C(=O)NCCF. The van der Waals surface area contributed by atoms with Gasteiger partial charge in [-0.2, -0.15) is 0 Å². The van der Waals surface area contributed by atoms with Crippen molar-refractivity contribution in [3.8, 4) is 0 Å². The molecule has 0 rings (SSSR count). The summed E-state index contributed by atoms with van der Waals surface area (Å²) >= 11 is 0. The van der Waals surface area contributed by atoms with Crippen LogP contribution in [0.4, 0.5) is 4.39 Å². The molecule has 0 unspecified atom stereocenters. The maximum atomic E-state index is 11.7. The molecule has 0 radical (unpaired) electrons. The fourth-order valence-corrected chi connectivity index (χ4v) is 0.908. The molecular formula is C8H17FN2O. The maximum absolute atomic E-state index is 11.7. The first-order chi connectivity index (χ1) is 5.60. The molecule has 0 aliphatic rings. The maximum Gasteiger partial charge on any atom is 0.240 e. The Bertz CT molecular complexity index is 146. The van der Waals surface area contributed by atoms with Crippen molar-refractivity contribution in [1.29, 1.82) is 0 Å². The fourth-order valence-electron chi connectivity index (χ4n) is 0.908. The summed E-state index contributed by atoms with van der Waals surface area (Å²) in [5.74, 6) is -0.259. The zero-order valence-electron chi connectivity index (χ0n) is 7.69. The lowest BCUT2D eigenvalue weighted by Crippen LogP contribution is -2.53. The van der Waals surface area contributed by atoms with E-state index < -0.39 is 12.2 Å². The molecule has 3 nitrogen and oxygen atoms in total. The number of amides is 1. The number of carbonyl (C=O) groups excluding carboxylic acids is 1. The standard InChI is InChI=1S/C8H17FN2O/c1-3-8(10,4-2)7(12)11-6-5-9/h3-6,10H2,1-2H3,(H,11,12). The average Bonchev–Trinajstić information content (AvgIpc) is 2.12. The van der Waals surface area contributed by atoms with E-state index in [1.165, 1.54) is 0 Å². The Balaban J connectivity index is 4.03. The Morgan fingerprint density at radius 1 is 1.50 bits per heavy atom. The highest BCUT2D eigenvalue weighted by Crippen LogP contribution is 2.10.